The second-order valence-corrected chi connectivity index (χ2v) is 6.46. The van der Waals surface area contributed by atoms with Gasteiger partial charge in [-0.1, -0.05) is 13.3 Å². The zero-order chi connectivity index (χ0) is 15.3. The predicted octanol–water partition coefficient (Wildman–Crippen LogP) is 2.97. The van der Waals surface area contributed by atoms with Crippen molar-refractivity contribution in [2.75, 3.05) is 0 Å². The highest BCUT2D eigenvalue weighted by molar-refractivity contribution is 7.07. The van der Waals surface area contributed by atoms with E-state index in [1.54, 1.807) is 11.3 Å². The molecule has 0 atom stereocenters. The van der Waals surface area contributed by atoms with E-state index in [1.165, 1.54) is 0 Å². The molecule has 1 heterocycles. The van der Waals surface area contributed by atoms with Crippen LogP contribution in [0.15, 0.2) is 16.8 Å². The maximum Gasteiger partial charge on any atom is 0.329 e. The molecule has 0 aromatic carbocycles. The maximum atomic E-state index is 12.0. The lowest BCUT2D eigenvalue weighted by molar-refractivity contribution is -0.146. The number of amides is 2. The fourth-order valence-electron chi connectivity index (χ4n) is 2.81. The van der Waals surface area contributed by atoms with E-state index in [2.05, 4.69) is 17.6 Å². The zero-order valence-electron chi connectivity index (χ0n) is 12.2. The first kappa shape index (κ1) is 15.8. The van der Waals surface area contributed by atoms with Gasteiger partial charge >= 0.3 is 12.0 Å². The van der Waals surface area contributed by atoms with Gasteiger partial charge in [0.05, 0.1) is 0 Å². The van der Waals surface area contributed by atoms with Gasteiger partial charge in [0.1, 0.15) is 5.54 Å². The number of urea groups is 1. The van der Waals surface area contributed by atoms with Gasteiger partial charge in [0, 0.05) is 6.54 Å². The van der Waals surface area contributed by atoms with Crippen LogP contribution in [0.1, 0.15) is 44.6 Å². The van der Waals surface area contributed by atoms with Gasteiger partial charge in [-0.2, -0.15) is 11.3 Å². The van der Waals surface area contributed by atoms with E-state index in [0.717, 1.165) is 24.8 Å². The SMILES string of the molecule is CCC1CCC(NC(=O)NCc2ccsc2)(C(=O)O)CC1. The number of hydrogen-bond donors (Lipinski definition) is 3. The Hall–Kier alpha value is -1.56. The molecule has 1 fully saturated rings. The fraction of sp³-hybridized carbons (Fsp3) is 0.600. The molecule has 21 heavy (non-hydrogen) atoms. The molecule has 116 valence electrons. The summed E-state index contributed by atoms with van der Waals surface area (Å²) in [6, 6.07) is 1.53. The summed E-state index contributed by atoms with van der Waals surface area (Å²) in [5.74, 6) is -0.351. The molecule has 2 amide bonds. The van der Waals surface area contributed by atoms with Crippen molar-refractivity contribution < 1.29 is 14.7 Å². The second-order valence-electron chi connectivity index (χ2n) is 5.68. The van der Waals surface area contributed by atoms with E-state index in [0.29, 0.717) is 25.3 Å². The summed E-state index contributed by atoms with van der Waals surface area (Å²) in [6.45, 7) is 2.54. The molecule has 1 aromatic heterocycles. The van der Waals surface area contributed by atoms with Gasteiger partial charge in [-0.3, -0.25) is 0 Å². The largest absolute Gasteiger partial charge is 0.480 e. The van der Waals surface area contributed by atoms with Crippen molar-refractivity contribution in [3.05, 3.63) is 22.4 Å². The summed E-state index contributed by atoms with van der Waals surface area (Å²) in [5, 5.41) is 18.8. The lowest BCUT2D eigenvalue weighted by Gasteiger charge is -2.37. The minimum absolute atomic E-state index is 0.404. The van der Waals surface area contributed by atoms with E-state index in [-0.39, 0.29) is 0 Å². The predicted molar refractivity (Wildman–Crippen MR) is 82.3 cm³/mol. The van der Waals surface area contributed by atoms with Crippen molar-refractivity contribution in [2.45, 2.75) is 51.1 Å². The Balaban J connectivity index is 1.90. The Bertz CT molecular complexity index is 479. The van der Waals surface area contributed by atoms with Crippen molar-refractivity contribution in [1.29, 1.82) is 0 Å². The molecule has 1 saturated carbocycles. The first-order chi connectivity index (χ1) is 10.1. The zero-order valence-corrected chi connectivity index (χ0v) is 13.0. The number of carbonyl (C=O) groups excluding carboxylic acids is 1. The smallest absolute Gasteiger partial charge is 0.329 e. The number of hydrogen-bond acceptors (Lipinski definition) is 3. The Morgan fingerprint density at radius 2 is 2.14 bits per heavy atom. The lowest BCUT2D eigenvalue weighted by atomic mass is 9.75. The van der Waals surface area contributed by atoms with Gasteiger partial charge in [0.15, 0.2) is 0 Å². The molecular weight excluding hydrogens is 288 g/mol. The highest BCUT2D eigenvalue weighted by Crippen LogP contribution is 2.33. The Morgan fingerprint density at radius 1 is 1.43 bits per heavy atom. The molecule has 3 N–H and O–H groups in total. The van der Waals surface area contributed by atoms with Crippen LogP contribution in [0.4, 0.5) is 4.79 Å². The molecule has 1 aliphatic rings. The van der Waals surface area contributed by atoms with Crippen LogP contribution in [0.2, 0.25) is 0 Å². The quantitative estimate of drug-likeness (QED) is 0.782. The Labute approximate surface area is 128 Å². The van der Waals surface area contributed by atoms with Gasteiger partial charge in [-0.15, -0.1) is 0 Å². The topological polar surface area (TPSA) is 78.4 Å². The number of thiophene rings is 1. The lowest BCUT2D eigenvalue weighted by Crippen LogP contribution is -2.58. The molecule has 6 heteroatoms. The third kappa shape index (κ3) is 3.97. The first-order valence-electron chi connectivity index (χ1n) is 7.36. The number of carboxylic acids is 1. The van der Waals surface area contributed by atoms with Crippen LogP contribution in [-0.2, 0) is 11.3 Å². The van der Waals surface area contributed by atoms with Gasteiger partial charge < -0.3 is 15.7 Å². The number of nitrogens with one attached hydrogen (secondary N) is 2. The average Bonchev–Trinajstić information content (AvgIpc) is 2.99. The van der Waals surface area contributed by atoms with Crippen LogP contribution >= 0.6 is 11.3 Å². The average molecular weight is 310 g/mol. The summed E-state index contributed by atoms with van der Waals surface area (Å²) in [7, 11) is 0. The third-order valence-electron chi connectivity index (χ3n) is 4.33. The minimum atomic E-state index is -1.11. The molecule has 5 nitrogen and oxygen atoms in total. The monoisotopic (exact) mass is 310 g/mol. The summed E-state index contributed by atoms with van der Waals surface area (Å²) in [6.07, 6.45) is 3.79. The van der Waals surface area contributed by atoms with Crippen molar-refractivity contribution in [3.8, 4) is 0 Å². The number of carboxylic acid groups (broad SMARTS) is 1. The highest BCUT2D eigenvalue weighted by atomic mass is 32.1. The van der Waals surface area contributed by atoms with Crippen molar-refractivity contribution >= 4 is 23.3 Å². The van der Waals surface area contributed by atoms with E-state index < -0.39 is 17.5 Å². The van der Waals surface area contributed by atoms with Crippen molar-refractivity contribution in [3.63, 3.8) is 0 Å². The van der Waals surface area contributed by atoms with Gasteiger partial charge in [-0.25, -0.2) is 9.59 Å². The summed E-state index contributed by atoms with van der Waals surface area (Å²) in [5.41, 5.74) is -0.0843. The maximum absolute atomic E-state index is 12.0. The Kier molecular flexibility index (Phi) is 5.22. The molecule has 1 aromatic rings. The summed E-state index contributed by atoms with van der Waals surface area (Å²) >= 11 is 1.57. The number of rotatable bonds is 5. The van der Waals surface area contributed by atoms with Gasteiger partial charge in [-0.05, 0) is 54.0 Å². The number of carbonyl (C=O) groups is 2. The molecule has 0 unspecified atom stereocenters. The van der Waals surface area contributed by atoms with Gasteiger partial charge in [0.25, 0.3) is 0 Å². The Morgan fingerprint density at radius 3 is 2.67 bits per heavy atom. The summed E-state index contributed by atoms with van der Waals surface area (Å²) in [4.78, 5) is 23.6. The molecule has 0 spiro atoms. The fourth-order valence-corrected chi connectivity index (χ4v) is 3.48. The van der Waals surface area contributed by atoms with Crippen LogP contribution in [0.25, 0.3) is 0 Å². The number of aliphatic carboxylic acids is 1. The van der Waals surface area contributed by atoms with Crippen molar-refractivity contribution in [1.82, 2.24) is 10.6 Å². The highest BCUT2D eigenvalue weighted by Gasteiger charge is 2.42. The first-order valence-corrected chi connectivity index (χ1v) is 8.30. The molecule has 0 bridgehead atoms. The molecule has 0 aliphatic heterocycles. The molecule has 2 rings (SSSR count). The van der Waals surface area contributed by atoms with E-state index in [4.69, 9.17) is 0 Å². The van der Waals surface area contributed by atoms with Crippen LogP contribution in [0, 0.1) is 5.92 Å². The van der Waals surface area contributed by atoms with Crippen molar-refractivity contribution in [2.24, 2.45) is 5.92 Å². The molecule has 0 saturated heterocycles. The van der Waals surface area contributed by atoms with Crippen LogP contribution in [0.3, 0.4) is 0 Å². The van der Waals surface area contributed by atoms with Crippen LogP contribution < -0.4 is 10.6 Å². The standard InChI is InChI=1S/C15H22N2O3S/c1-2-11-3-6-15(7-4-11,13(18)19)17-14(20)16-9-12-5-8-21-10-12/h5,8,10-11H,2-4,6-7,9H2,1H3,(H,18,19)(H2,16,17,20). The molecule has 1 aliphatic carbocycles. The normalized spacial score (nSPS) is 25.3. The van der Waals surface area contributed by atoms with E-state index in [9.17, 15) is 14.7 Å². The van der Waals surface area contributed by atoms with E-state index in [1.807, 2.05) is 16.8 Å². The van der Waals surface area contributed by atoms with Gasteiger partial charge in [0.2, 0.25) is 0 Å². The third-order valence-corrected chi connectivity index (χ3v) is 5.06. The minimum Gasteiger partial charge on any atom is -0.480 e. The van der Waals surface area contributed by atoms with Crippen LogP contribution in [0.5, 0.6) is 0 Å². The second kappa shape index (κ2) is 6.93. The van der Waals surface area contributed by atoms with Crippen LogP contribution in [-0.4, -0.2) is 22.6 Å². The molecule has 0 radical (unpaired) electrons. The summed E-state index contributed by atoms with van der Waals surface area (Å²) < 4.78 is 0. The van der Waals surface area contributed by atoms with E-state index >= 15 is 0 Å². The molecular formula is C15H22N2O3S.